The highest BCUT2D eigenvalue weighted by molar-refractivity contribution is 7.11. The van der Waals surface area contributed by atoms with Gasteiger partial charge in [-0.3, -0.25) is 0 Å². The molecule has 0 saturated carbocycles. The van der Waals surface area contributed by atoms with Crippen molar-refractivity contribution in [3.63, 3.8) is 0 Å². The summed E-state index contributed by atoms with van der Waals surface area (Å²) in [4.78, 5) is 12.3. The van der Waals surface area contributed by atoms with Crippen LogP contribution >= 0.6 is 11.3 Å². The SMILES string of the molecule is Cc1nc2c(s1)C(NC1CCN(c3ncccc3F)C1)CCC2. The summed E-state index contributed by atoms with van der Waals surface area (Å²) in [5.74, 6) is 0.251. The van der Waals surface area contributed by atoms with Gasteiger partial charge in [-0.15, -0.1) is 11.3 Å². The van der Waals surface area contributed by atoms with E-state index < -0.39 is 0 Å². The summed E-state index contributed by atoms with van der Waals surface area (Å²) in [5.41, 5.74) is 1.28. The van der Waals surface area contributed by atoms with E-state index in [2.05, 4.69) is 27.1 Å². The third-order valence-corrected chi connectivity index (χ3v) is 5.85. The van der Waals surface area contributed by atoms with E-state index in [9.17, 15) is 4.39 Å². The number of pyridine rings is 1. The van der Waals surface area contributed by atoms with Crippen LogP contribution < -0.4 is 10.2 Å². The van der Waals surface area contributed by atoms with Gasteiger partial charge in [0.25, 0.3) is 0 Å². The third-order valence-electron chi connectivity index (χ3n) is 4.72. The Bertz CT molecular complexity index is 702. The molecule has 0 spiro atoms. The molecule has 0 bridgehead atoms. The van der Waals surface area contributed by atoms with Crippen molar-refractivity contribution in [1.29, 1.82) is 0 Å². The first-order chi connectivity index (χ1) is 11.2. The summed E-state index contributed by atoms with van der Waals surface area (Å²) < 4.78 is 13.9. The van der Waals surface area contributed by atoms with Crippen molar-refractivity contribution in [3.8, 4) is 0 Å². The number of aromatic nitrogens is 2. The van der Waals surface area contributed by atoms with Gasteiger partial charge >= 0.3 is 0 Å². The molecule has 2 unspecified atom stereocenters. The maximum atomic E-state index is 13.9. The molecule has 2 aromatic rings. The van der Waals surface area contributed by atoms with Crippen molar-refractivity contribution in [2.45, 2.75) is 44.7 Å². The molecule has 1 saturated heterocycles. The van der Waals surface area contributed by atoms with Gasteiger partial charge in [-0.05, 0) is 44.7 Å². The smallest absolute Gasteiger partial charge is 0.165 e. The highest BCUT2D eigenvalue weighted by Crippen LogP contribution is 2.35. The van der Waals surface area contributed by atoms with Crippen molar-refractivity contribution in [2.75, 3.05) is 18.0 Å². The lowest BCUT2D eigenvalue weighted by Gasteiger charge is -2.26. The summed E-state index contributed by atoms with van der Waals surface area (Å²) >= 11 is 1.82. The molecule has 0 amide bonds. The number of fused-ring (bicyclic) bond motifs is 1. The zero-order chi connectivity index (χ0) is 15.8. The average molecular weight is 332 g/mol. The molecule has 4 nitrogen and oxygen atoms in total. The molecular formula is C17H21FN4S. The van der Waals surface area contributed by atoms with Gasteiger partial charge in [-0.25, -0.2) is 14.4 Å². The number of anilines is 1. The van der Waals surface area contributed by atoms with Crippen LogP contribution in [-0.4, -0.2) is 29.1 Å². The Morgan fingerprint density at radius 2 is 2.30 bits per heavy atom. The van der Waals surface area contributed by atoms with E-state index in [0.717, 1.165) is 30.9 Å². The van der Waals surface area contributed by atoms with Gasteiger partial charge in [0.1, 0.15) is 0 Å². The molecule has 2 aliphatic rings. The van der Waals surface area contributed by atoms with E-state index in [1.54, 1.807) is 12.3 Å². The number of hydrogen-bond donors (Lipinski definition) is 1. The fraction of sp³-hybridized carbons (Fsp3) is 0.529. The van der Waals surface area contributed by atoms with Crippen molar-refractivity contribution in [1.82, 2.24) is 15.3 Å². The molecule has 1 aliphatic heterocycles. The first-order valence-corrected chi connectivity index (χ1v) is 9.10. The molecule has 2 aromatic heterocycles. The fourth-order valence-corrected chi connectivity index (χ4v) is 4.75. The Hall–Kier alpha value is -1.53. The van der Waals surface area contributed by atoms with E-state index in [1.165, 1.54) is 29.5 Å². The Balaban J connectivity index is 1.44. The molecule has 1 fully saturated rings. The number of halogens is 1. The number of nitrogens with zero attached hydrogens (tertiary/aromatic N) is 3. The van der Waals surface area contributed by atoms with Crippen LogP contribution in [0.4, 0.5) is 10.2 Å². The van der Waals surface area contributed by atoms with Crippen LogP contribution in [0.3, 0.4) is 0 Å². The Kier molecular flexibility index (Phi) is 4.03. The molecule has 0 radical (unpaired) electrons. The number of rotatable bonds is 3. The summed E-state index contributed by atoms with van der Waals surface area (Å²) in [6.45, 7) is 3.76. The fourth-order valence-electron chi connectivity index (χ4n) is 3.68. The molecule has 6 heteroatoms. The monoisotopic (exact) mass is 332 g/mol. The minimum atomic E-state index is -0.230. The standard InChI is InChI=1S/C17H21FN4S/c1-11-20-14-5-2-6-15(16(14)23-11)21-12-7-9-22(10-12)17-13(18)4-3-8-19-17/h3-4,8,12,15,21H,2,5-7,9-10H2,1H3. The predicted molar refractivity (Wildman–Crippen MR) is 90.5 cm³/mol. The molecule has 3 heterocycles. The summed E-state index contributed by atoms with van der Waals surface area (Å²) in [5, 5.41) is 4.94. The molecule has 122 valence electrons. The lowest BCUT2D eigenvalue weighted by molar-refractivity contribution is 0.413. The average Bonchev–Trinajstić information content (AvgIpc) is 3.14. The van der Waals surface area contributed by atoms with Gasteiger partial charge < -0.3 is 10.2 Å². The van der Waals surface area contributed by atoms with E-state index >= 15 is 0 Å². The molecule has 1 aliphatic carbocycles. The second kappa shape index (κ2) is 6.17. The largest absolute Gasteiger partial charge is 0.353 e. The lowest BCUT2D eigenvalue weighted by atomic mass is 9.97. The van der Waals surface area contributed by atoms with Crippen molar-refractivity contribution in [3.05, 3.63) is 39.7 Å². The quantitative estimate of drug-likeness (QED) is 0.937. The maximum absolute atomic E-state index is 13.9. The van der Waals surface area contributed by atoms with E-state index in [4.69, 9.17) is 0 Å². The third kappa shape index (κ3) is 2.97. The van der Waals surface area contributed by atoms with Crippen LogP contribution in [-0.2, 0) is 6.42 Å². The topological polar surface area (TPSA) is 41.1 Å². The molecule has 1 N–H and O–H groups in total. The Morgan fingerprint density at radius 3 is 3.17 bits per heavy atom. The second-order valence-corrected chi connectivity index (χ2v) is 7.63. The summed E-state index contributed by atoms with van der Waals surface area (Å²) in [6.07, 6.45) is 6.16. The second-order valence-electron chi connectivity index (χ2n) is 6.40. The van der Waals surface area contributed by atoms with Crippen LogP contribution in [0.15, 0.2) is 18.3 Å². The van der Waals surface area contributed by atoms with Gasteiger partial charge in [0.2, 0.25) is 0 Å². The highest BCUT2D eigenvalue weighted by atomic mass is 32.1. The van der Waals surface area contributed by atoms with E-state index in [-0.39, 0.29) is 5.82 Å². The van der Waals surface area contributed by atoms with Gasteiger partial charge in [0, 0.05) is 36.2 Å². The molecule has 2 atom stereocenters. The van der Waals surface area contributed by atoms with Gasteiger partial charge in [0.15, 0.2) is 11.6 Å². The Labute approximate surface area is 139 Å². The zero-order valence-corrected chi connectivity index (χ0v) is 14.1. The van der Waals surface area contributed by atoms with Crippen LogP contribution in [0.2, 0.25) is 0 Å². The number of thiazole rings is 1. The first-order valence-electron chi connectivity index (χ1n) is 8.28. The normalized spacial score (nSPS) is 24.0. The Morgan fingerprint density at radius 1 is 1.39 bits per heavy atom. The molecular weight excluding hydrogens is 311 g/mol. The predicted octanol–water partition coefficient (Wildman–Crippen LogP) is 3.23. The van der Waals surface area contributed by atoms with Gasteiger partial charge in [-0.1, -0.05) is 0 Å². The minimum absolute atomic E-state index is 0.230. The van der Waals surface area contributed by atoms with Gasteiger partial charge in [0.05, 0.1) is 10.7 Å². The lowest BCUT2D eigenvalue weighted by Crippen LogP contribution is -2.36. The summed E-state index contributed by atoms with van der Waals surface area (Å²) in [7, 11) is 0. The molecule has 4 rings (SSSR count). The molecule has 0 aromatic carbocycles. The van der Waals surface area contributed by atoms with Crippen molar-refractivity contribution < 1.29 is 4.39 Å². The maximum Gasteiger partial charge on any atom is 0.165 e. The van der Waals surface area contributed by atoms with Crippen LogP contribution in [0, 0.1) is 12.7 Å². The molecule has 23 heavy (non-hydrogen) atoms. The minimum Gasteiger partial charge on any atom is -0.353 e. The zero-order valence-electron chi connectivity index (χ0n) is 13.3. The van der Waals surface area contributed by atoms with Gasteiger partial charge in [-0.2, -0.15) is 0 Å². The number of aryl methyl sites for hydroxylation is 2. The highest BCUT2D eigenvalue weighted by Gasteiger charge is 2.30. The van der Waals surface area contributed by atoms with E-state index in [1.807, 2.05) is 11.3 Å². The number of hydrogen-bond acceptors (Lipinski definition) is 5. The van der Waals surface area contributed by atoms with Crippen molar-refractivity contribution in [2.24, 2.45) is 0 Å². The number of nitrogens with one attached hydrogen (secondary N) is 1. The van der Waals surface area contributed by atoms with Crippen LogP contribution in [0.5, 0.6) is 0 Å². The summed E-state index contributed by atoms with van der Waals surface area (Å²) in [6, 6.07) is 3.91. The van der Waals surface area contributed by atoms with Crippen LogP contribution in [0.25, 0.3) is 0 Å². The van der Waals surface area contributed by atoms with Crippen molar-refractivity contribution >= 4 is 17.2 Å². The first kappa shape index (κ1) is 15.0. The van der Waals surface area contributed by atoms with E-state index in [0.29, 0.717) is 17.9 Å². The van der Waals surface area contributed by atoms with Crippen LogP contribution in [0.1, 0.15) is 40.9 Å².